The predicted octanol–water partition coefficient (Wildman–Crippen LogP) is 5.76. The van der Waals surface area contributed by atoms with E-state index in [0.717, 1.165) is 17.8 Å². The summed E-state index contributed by atoms with van der Waals surface area (Å²) < 4.78 is 2.40. The molecule has 2 heteroatoms. The minimum Gasteiger partial charge on any atom is -0.296 e. The molecule has 2 heterocycles. The molecule has 4 rings (SSSR count). The Morgan fingerprint density at radius 1 is 0.917 bits per heavy atom. The molecule has 24 heavy (non-hydrogen) atoms. The van der Waals surface area contributed by atoms with E-state index in [1.54, 1.807) is 0 Å². The first-order valence-corrected chi connectivity index (χ1v) is 8.77. The molecule has 2 aromatic carbocycles. The van der Waals surface area contributed by atoms with Gasteiger partial charge in [0.25, 0.3) is 0 Å². The normalized spacial score (nSPS) is 12.1. The quantitative estimate of drug-likeness (QED) is 0.429. The highest BCUT2D eigenvalue weighted by Crippen LogP contribution is 2.33. The summed E-state index contributed by atoms with van der Waals surface area (Å²) >= 11 is 0. The van der Waals surface area contributed by atoms with Crippen LogP contribution < -0.4 is 0 Å². The largest absolute Gasteiger partial charge is 0.296 e. The van der Waals surface area contributed by atoms with Crippen LogP contribution in [0.4, 0.5) is 0 Å². The molecule has 122 valence electrons. The molecule has 0 saturated heterocycles. The molecule has 2 nitrogen and oxygen atoms in total. The highest BCUT2D eigenvalue weighted by molar-refractivity contribution is 6.12. The van der Waals surface area contributed by atoms with Gasteiger partial charge in [-0.3, -0.25) is 4.40 Å². The van der Waals surface area contributed by atoms with Gasteiger partial charge >= 0.3 is 0 Å². The second kappa shape index (κ2) is 5.34. The summed E-state index contributed by atoms with van der Waals surface area (Å²) in [6, 6.07) is 13.3. The van der Waals surface area contributed by atoms with E-state index < -0.39 is 0 Å². The average molecular weight is 316 g/mol. The van der Waals surface area contributed by atoms with Gasteiger partial charge in [0.1, 0.15) is 5.65 Å². The van der Waals surface area contributed by atoms with Gasteiger partial charge in [-0.2, -0.15) is 0 Å². The van der Waals surface area contributed by atoms with Crippen LogP contribution in [0.25, 0.3) is 27.3 Å². The SMILES string of the molecule is Cc1cc2c3ccccc3c3nc(C)c(CC(C)C)n3c2cc1C. The van der Waals surface area contributed by atoms with Gasteiger partial charge < -0.3 is 0 Å². The lowest BCUT2D eigenvalue weighted by Gasteiger charge is -2.14. The fourth-order valence-electron chi connectivity index (χ4n) is 3.74. The smallest absolute Gasteiger partial charge is 0.145 e. The maximum atomic E-state index is 4.96. The van der Waals surface area contributed by atoms with Crippen molar-refractivity contribution in [3.05, 3.63) is 58.9 Å². The molecule has 0 fully saturated rings. The topological polar surface area (TPSA) is 17.3 Å². The van der Waals surface area contributed by atoms with Crippen molar-refractivity contribution >= 4 is 27.3 Å². The van der Waals surface area contributed by atoms with Gasteiger partial charge in [-0.15, -0.1) is 0 Å². The Morgan fingerprint density at radius 3 is 2.29 bits per heavy atom. The molecule has 0 bridgehead atoms. The lowest BCUT2D eigenvalue weighted by molar-refractivity contribution is 0.631. The van der Waals surface area contributed by atoms with Crippen molar-refractivity contribution < 1.29 is 0 Å². The first-order chi connectivity index (χ1) is 11.5. The highest BCUT2D eigenvalue weighted by atomic mass is 15.0. The van der Waals surface area contributed by atoms with Gasteiger partial charge in [-0.25, -0.2) is 4.98 Å². The first-order valence-electron chi connectivity index (χ1n) is 8.77. The summed E-state index contributed by atoms with van der Waals surface area (Å²) in [5.41, 5.74) is 7.55. The van der Waals surface area contributed by atoms with Gasteiger partial charge in [-0.1, -0.05) is 38.1 Å². The van der Waals surface area contributed by atoms with Crippen LogP contribution in [0.3, 0.4) is 0 Å². The number of hydrogen-bond donors (Lipinski definition) is 0. The first kappa shape index (κ1) is 15.2. The van der Waals surface area contributed by atoms with Crippen LogP contribution in [0.15, 0.2) is 36.4 Å². The Bertz CT molecular complexity index is 1080. The van der Waals surface area contributed by atoms with Crippen molar-refractivity contribution in [2.24, 2.45) is 5.92 Å². The van der Waals surface area contributed by atoms with Crippen LogP contribution in [0.1, 0.15) is 36.4 Å². The third-order valence-electron chi connectivity index (χ3n) is 5.09. The van der Waals surface area contributed by atoms with Crippen LogP contribution in [0.5, 0.6) is 0 Å². The van der Waals surface area contributed by atoms with E-state index in [9.17, 15) is 0 Å². The van der Waals surface area contributed by atoms with Crippen molar-refractivity contribution in [1.82, 2.24) is 9.38 Å². The van der Waals surface area contributed by atoms with Crippen molar-refractivity contribution in [1.29, 1.82) is 0 Å². The lowest BCUT2D eigenvalue weighted by Crippen LogP contribution is -2.02. The maximum absolute atomic E-state index is 4.96. The van der Waals surface area contributed by atoms with Gasteiger partial charge in [0, 0.05) is 16.5 Å². The van der Waals surface area contributed by atoms with Gasteiger partial charge in [-0.05, 0) is 61.8 Å². The van der Waals surface area contributed by atoms with Crippen LogP contribution in [-0.4, -0.2) is 9.38 Å². The highest BCUT2D eigenvalue weighted by Gasteiger charge is 2.17. The number of hydrogen-bond acceptors (Lipinski definition) is 1. The zero-order valence-electron chi connectivity index (χ0n) is 15.1. The molecule has 4 aromatic rings. The summed E-state index contributed by atoms with van der Waals surface area (Å²) in [6.45, 7) is 11.1. The molecule has 0 amide bonds. The summed E-state index contributed by atoms with van der Waals surface area (Å²) in [7, 11) is 0. The fourth-order valence-corrected chi connectivity index (χ4v) is 3.74. The van der Waals surface area contributed by atoms with Gasteiger partial charge in [0.05, 0.1) is 11.2 Å². The standard InChI is InChI=1S/C22H24N2/c1-13(2)10-20-16(5)23-22-18-9-7-6-8-17(18)19-11-14(3)15(4)12-21(19)24(20)22/h6-9,11-13H,10H2,1-5H3. The van der Waals surface area contributed by atoms with E-state index in [-0.39, 0.29) is 0 Å². The van der Waals surface area contributed by atoms with Crippen LogP contribution in [0, 0.1) is 26.7 Å². The molecule has 0 aliphatic carbocycles. The molecule has 0 unspecified atom stereocenters. The Kier molecular flexibility index (Phi) is 3.38. The van der Waals surface area contributed by atoms with Gasteiger partial charge in [0.15, 0.2) is 0 Å². The third kappa shape index (κ3) is 2.13. The number of rotatable bonds is 2. The van der Waals surface area contributed by atoms with Crippen molar-refractivity contribution in [3.63, 3.8) is 0 Å². The zero-order chi connectivity index (χ0) is 17.0. The molecule has 0 spiro atoms. The minimum atomic E-state index is 0.608. The van der Waals surface area contributed by atoms with Crippen LogP contribution in [0.2, 0.25) is 0 Å². The van der Waals surface area contributed by atoms with Crippen molar-refractivity contribution in [2.45, 2.75) is 41.0 Å². The third-order valence-corrected chi connectivity index (χ3v) is 5.09. The molecular weight excluding hydrogens is 292 g/mol. The molecule has 2 aromatic heterocycles. The van der Waals surface area contributed by atoms with E-state index in [1.807, 2.05) is 0 Å². The lowest BCUT2D eigenvalue weighted by atomic mass is 10.0. The van der Waals surface area contributed by atoms with Gasteiger partial charge in [0.2, 0.25) is 0 Å². The van der Waals surface area contributed by atoms with Crippen LogP contribution >= 0.6 is 0 Å². The summed E-state index contributed by atoms with van der Waals surface area (Å²) in [5, 5.41) is 3.86. The second-order valence-electron chi connectivity index (χ2n) is 7.40. The number of aryl methyl sites for hydroxylation is 3. The monoisotopic (exact) mass is 316 g/mol. The van der Waals surface area contributed by atoms with E-state index in [0.29, 0.717) is 5.92 Å². The number of benzene rings is 2. The van der Waals surface area contributed by atoms with Crippen LogP contribution in [-0.2, 0) is 6.42 Å². The number of fused-ring (bicyclic) bond motifs is 6. The molecule has 0 atom stereocenters. The predicted molar refractivity (Wildman–Crippen MR) is 103 cm³/mol. The number of imidazole rings is 1. The molecule has 0 aliphatic rings. The number of aromatic nitrogens is 2. The maximum Gasteiger partial charge on any atom is 0.145 e. The fraction of sp³-hybridized carbons (Fsp3) is 0.318. The molecule has 0 N–H and O–H groups in total. The molecular formula is C22H24N2. The summed E-state index contributed by atoms with van der Waals surface area (Å²) in [6.07, 6.45) is 1.05. The summed E-state index contributed by atoms with van der Waals surface area (Å²) in [5.74, 6) is 0.608. The number of nitrogens with zero attached hydrogens (tertiary/aromatic N) is 2. The average Bonchev–Trinajstić information content (AvgIpc) is 2.86. The molecule has 0 saturated carbocycles. The van der Waals surface area contributed by atoms with Crippen molar-refractivity contribution in [3.8, 4) is 0 Å². The second-order valence-corrected chi connectivity index (χ2v) is 7.40. The Morgan fingerprint density at radius 2 is 1.58 bits per heavy atom. The van der Waals surface area contributed by atoms with E-state index in [4.69, 9.17) is 4.98 Å². The van der Waals surface area contributed by atoms with E-state index in [1.165, 1.54) is 38.5 Å². The van der Waals surface area contributed by atoms with E-state index >= 15 is 0 Å². The summed E-state index contributed by atoms with van der Waals surface area (Å²) in [4.78, 5) is 4.96. The molecule has 0 radical (unpaired) electrons. The van der Waals surface area contributed by atoms with E-state index in [2.05, 4.69) is 75.4 Å². The Labute approximate surface area is 143 Å². The molecule has 0 aliphatic heterocycles. The zero-order valence-corrected chi connectivity index (χ0v) is 15.1. The minimum absolute atomic E-state index is 0.608. The van der Waals surface area contributed by atoms with Crippen molar-refractivity contribution in [2.75, 3.05) is 0 Å². The Hall–Kier alpha value is -2.35. The number of pyridine rings is 1. The Balaban J connectivity index is 2.30.